The molecule has 0 heterocycles. The fourth-order valence-electron chi connectivity index (χ4n) is 1.03. The maximum Gasteiger partial charge on any atom is 0.334 e. The van der Waals surface area contributed by atoms with Crippen LogP contribution < -0.4 is 0 Å². The Balaban J connectivity index is 2.93. The first-order chi connectivity index (χ1) is 6.77. The molecule has 0 aromatic heterocycles. The molecule has 0 unspecified atom stereocenters. The third-order valence-electron chi connectivity index (χ3n) is 1.73. The molecule has 0 bridgehead atoms. The van der Waals surface area contributed by atoms with Crippen molar-refractivity contribution in [3.63, 3.8) is 0 Å². The van der Waals surface area contributed by atoms with Crippen molar-refractivity contribution in [3.8, 4) is 0 Å². The van der Waals surface area contributed by atoms with Gasteiger partial charge in [0.05, 0.1) is 20.3 Å². The standard InChI is InChI=1S/C11H12O3/c1-13-10(8-11(12)14-2)9-6-4-3-5-7-9/h3-8H,1-2H3/b10-8+. The monoisotopic (exact) mass is 192 g/mol. The second-order valence-electron chi connectivity index (χ2n) is 2.60. The zero-order valence-corrected chi connectivity index (χ0v) is 8.19. The van der Waals surface area contributed by atoms with Gasteiger partial charge >= 0.3 is 5.97 Å². The van der Waals surface area contributed by atoms with E-state index in [0.717, 1.165) is 5.56 Å². The molecule has 0 fully saturated rings. The minimum absolute atomic E-state index is 0.425. The first-order valence-corrected chi connectivity index (χ1v) is 4.17. The van der Waals surface area contributed by atoms with Crippen LogP contribution in [0.25, 0.3) is 5.76 Å². The third kappa shape index (κ3) is 2.62. The lowest BCUT2D eigenvalue weighted by Gasteiger charge is -2.04. The fourth-order valence-corrected chi connectivity index (χ4v) is 1.03. The van der Waals surface area contributed by atoms with Crippen molar-refractivity contribution in [3.05, 3.63) is 42.0 Å². The molecule has 0 aliphatic carbocycles. The van der Waals surface area contributed by atoms with Crippen LogP contribution in [0.4, 0.5) is 0 Å². The van der Waals surface area contributed by atoms with Gasteiger partial charge in [0.1, 0.15) is 5.76 Å². The summed E-state index contributed by atoms with van der Waals surface area (Å²) in [4.78, 5) is 11.0. The van der Waals surface area contributed by atoms with Crippen LogP contribution in [0.2, 0.25) is 0 Å². The van der Waals surface area contributed by atoms with Gasteiger partial charge in [0.2, 0.25) is 0 Å². The number of hydrogen-bond donors (Lipinski definition) is 0. The molecule has 0 aliphatic heterocycles. The van der Waals surface area contributed by atoms with E-state index < -0.39 is 5.97 Å². The van der Waals surface area contributed by atoms with Crippen LogP contribution in [-0.2, 0) is 14.3 Å². The lowest BCUT2D eigenvalue weighted by Crippen LogP contribution is -1.98. The average Bonchev–Trinajstić information content (AvgIpc) is 2.26. The summed E-state index contributed by atoms with van der Waals surface area (Å²) in [6.07, 6.45) is 1.31. The predicted octanol–water partition coefficient (Wildman–Crippen LogP) is 1.85. The van der Waals surface area contributed by atoms with Gasteiger partial charge in [-0.1, -0.05) is 30.3 Å². The summed E-state index contributed by atoms with van der Waals surface area (Å²) in [5.74, 6) is 0.0724. The summed E-state index contributed by atoms with van der Waals surface area (Å²) < 4.78 is 9.58. The van der Waals surface area contributed by atoms with Crippen molar-refractivity contribution >= 4 is 11.7 Å². The molecule has 0 N–H and O–H groups in total. The molecule has 74 valence electrons. The van der Waals surface area contributed by atoms with Gasteiger partial charge in [-0.05, 0) is 0 Å². The molecule has 1 aromatic rings. The van der Waals surface area contributed by atoms with E-state index >= 15 is 0 Å². The number of hydrogen-bond acceptors (Lipinski definition) is 3. The summed E-state index contributed by atoms with van der Waals surface area (Å²) in [7, 11) is 2.85. The van der Waals surface area contributed by atoms with Crippen LogP contribution in [0.5, 0.6) is 0 Å². The second-order valence-corrected chi connectivity index (χ2v) is 2.60. The number of ether oxygens (including phenoxy) is 2. The highest BCUT2D eigenvalue weighted by Gasteiger charge is 2.03. The molecule has 1 rings (SSSR count). The van der Waals surface area contributed by atoms with Crippen LogP contribution in [0, 0.1) is 0 Å². The van der Waals surface area contributed by atoms with Crippen LogP contribution in [0.3, 0.4) is 0 Å². The van der Waals surface area contributed by atoms with Gasteiger partial charge in [-0.25, -0.2) is 4.79 Å². The third-order valence-corrected chi connectivity index (χ3v) is 1.73. The Morgan fingerprint density at radius 1 is 1.14 bits per heavy atom. The van der Waals surface area contributed by atoms with Gasteiger partial charge in [-0.15, -0.1) is 0 Å². The molecule has 3 heteroatoms. The zero-order chi connectivity index (χ0) is 10.4. The van der Waals surface area contributed by atoms with E-state index in [2.05, 4.69) is 4.74 Å². The average molecular weight is 192 g/mol. The topological polar surface area (TPSA) is 35.5 Å². The van der Waals surface area contributed by atoms with Crippen molar-refractivity contribution < 1.29 is 14.3 Å². The van der Waals surface area contributed by atoms with Crippen LogP contribution in [-0.4, -0.2) is 20.2 Å². The van der Waals surface area contributed by atoms with Gasteiger partial charge in [0, 0.05) is 5.56 Å². The number of rotatable bonds is 3. The molecule has 0 aliphatic rings. The van der Waals surface area contributed by atoms with Gasteiger partial charge in [0.25, 0.3) is 0 Å². The van der Waals surface area contributed by atoms with E-state index in [0.29, 0.717) is 5.76 Å². The van der Waals surface area contributed by atoms with E-state index in [1.54, 1.807) is 0 Å². The van der Waals surface area contributed by atoms with E-state index in [1.165, 1.54) is 20.3 Å². The van der Waals surface area contributed by atoms with Crippen molar-refractivity contribution in [1.29, 1.82) is 0 Å². The largest absolute Gasteiger partial charge is 0.496 e. The van der Waals surface area contributed by atoms with Crippen LogP contribution >= 0.6 is 0 Å². The number of carbonyl (C=O) groups is 1. The minimum Gasteiger partial charge on any atom is -0.496 e. The van der Waals surface area contributed by atoms with Crippen molar-refractivity contribution in [2.24, 2.45) is 0 Å². The van der Waals surface area contributed by atoms with Crippen LogP contribution in [0.1, 0.15) is 5.56 Å². The van der Waals surface area contributed by atoms with Crippen molar-refractivity contribution in [2.45, 2.75) is 0 Å². The molecular weight excluding hydrogens is 180 g/mol. The Morgan fingerprint density at radius 2 is 1.79 bits per heavy atom. The highest BCUT2D eigenvalue weighted by molar-refractivity contribution is 5.89. The maximum absolute atomic E-state index is 11.0. The molecule has 1 aromatic carbocycles. The van der Waals surface area contributed by atoms with Gasteiger partial charge in [0.15, 0.2) is 0 Å². The number of methoxy groups -OCH3 is 2. The molecule has 14 heavy (non-hydrogen) atoms. The van der Waals surface area contributed by atoms with Crippen LogP contribution in [0.15, 0.2) is 36.4 Å². The number of benzene rings is 1. The van der Waals surface area contributed by atoms with E-state index in [1.807, 2.05) is 30.3 Å². The minimum atomic E-state index is -0.425. The Morgan fingerprint density at radius 3 is 2.29 bits per heavy atom. The molecule has 0 saturated carbocycles. The lowest BCUT2D eigenvalue weighted by molar-refractivity contribution is -0.134. The fraction of sp³-hybridized carbons (Fsp3) is 0.182. The molecule has 3 nitrogen and oxygen atoms in total. The predicted molar refractivity (Wildman–Crippen MR) is 53.4 cm³/mol. The smallest absolute Gasteiger partial charge is 0.334 e. The SMILES string of the molecule is COC(=O)/C=C(/OC)c1ccccc1. The Hall–Kier alpha value is -1.77. The Kier molecular flexibility index (Phi) is 3.73. The molecular formula is C11H12O3. The van der Waals surface area contributed by atoms with Gasteiger partial charge < -0.3 is 9.47 Å². The summed E-state index contributed by atoms with van der Waals surface area (Å²) in [6.45, 7) is 0. The molecule has 0 radical (unpaired) electrons. The number of esters is 1. The molecule has 0 amide bonds. The molecule has 0 atom stereocenters. The molecule has 0 spiro atoms. The summed E-state index contributed by atoms with van der Waals surface area (Å²) >= 11 is 0. The summed E-state index contributed by atoms with van der Waals surface area (Å²) in [5.41, 5.74) is 0.848. The van der Waals surface area contributed by atoms with Crippen molar-refractivity contribution in [2.75, 3.05) is 14.2 Å². The highest BCUT2D eigenvalue weighted by atomic mass is 16.5. The second kappa shape index (κ2) is 5.07. The van der Waals surface area contributed by atoms with E-state index in [9.17, 15) is 4.79 Å². The summed E-state index contributed by atoms with van der Waals surface area (Å²) in [6, 6.07) is 9.37. The normalized spacial score (nSPS) is 10.9. The maximum atomic E-state index is 11.0. The Labute approximate surface area is 83.0 Å². The first kappa shape index (κ1) is 10.3. The quantitative estimate of drug-likeness (QED) is 0.416. The van der Waals surface area contributed by atoms with Crippen molar-refractivity contribution in [1.82, 2.24) is 0 Å². The van der Waals surface area contributed by atoms with Gasteiger partial charge in [-0.3, -0.25) is 0 Å². The van der Waals surface area contributed by atoms with E-state index in [-0.39, 0.29) is 0 Å². The lowest BCUT2D eigenvalue weighted by atomic mass is 10.2. The highest BCUT2D eigenvalue weighted by Crippen LogP contribution is 2.13. The van der Waals surface area contributed by atoms with Gasteiger partial charge in [-0.2, -0.15) is 0 Å². The first-order valence-electron chi connectivity index (χ1n) is 4.17. The summed E-state index contributed by atoms with van der Waals surface area (Å²) in [5, 5.41) is 0. The van der Waals surface area contributed by atoms with E-state index in [4.69, 9.17) is 4.74 Å². The number of carbonyl (C=O) groups excluding carboxylic acids is 1. The zero-order valence-electron chi connectivity index (χ0n) is 8.19. The molecule has 0 saturated heterocycles. The Bertz CT molecular complexity index is 328.